The number of hydrogen-bond donors (Lipinski definition) is 2. The van der Waals surface area contributed by atoms with Crippen LogP contribution in [0.5, 0.6) is 17.2 Å². The van der Waals surface area contributed by atoms with Gasteiger partial charge in [0.1, 0.15) is 18.4 Å². The van der Waals surface area contributed by atoms with Gasteiger partial charge in [-0.25, -0.2) is 4.79 Å². The van der Waals surface area contributed by atoms with Gasteiger partial charge in [-0.1, -0.05) is 42.5 Å². The van der Waals surface area contributed by atoms with E-state index in [1.165, 1.54) is 26.4 Å². The SMILES string of the molecule is COC(=O)C(Cc1ccc(O)cc1)NC(=O)c1ccc(OC)c(OCc2ccccc2)c1. The Hall–Kier alpha value is -4.00. The minimum atomic E-state index is -0.896. The van der Waals surface area contributed by atoms with E-state index in [-0.39, 0.29) is 12.2 Å². The lowest BCUT2D eigenvalue weighted by molar-refractivity contribution is -0.142. The molecule has 0 heterocycles. The van der Waals surface area contributed by atoms with Crippen molar-refractivity contribution in [2.75, 3.05) is 14.2 Å². The lowest BCUT2D eigenvalue weighted by Crippen LogP contribution is -2.43. The molecule has 0 saturated carbocycles. The van der Waals surface area contributed by atoms with Gasteiger partial charge >= 0.3 is 5.97 Å². The average Bonchev–Trinajstić information content (AvgIpc) is 2.83. The van der Waals surface area contributed by atoms with Crippen molar-refractivity contribution >= 4 is 11.9 Å². The van der Waals surface area contributed by atoms with Crippen molar-refractivity contribution in [1.29, 1.82) is 0 Å². The van der Waals surface area contributed by atoms with Gasteiger partial charge in [0.2, 0.25) is 0 Å². The summed E-state index contributed by atoms with van der Waals surface area (Å²) < 4.78 is 16.1. The zero-order valence-electron chi connectivity index (χ0n) is 17.9. The predicted molar refractivity (Wildman–Crippen MR) is 119 cm³/mol. The van der Waals surface area contributed by atoms with E-state index in [2.05, 4.69) is 5.32 Å². The number of ether oxygens (including phenoxy) is 3. The maximum Gasteiger partial charge on any atom is 0.328 e. The van der Waals surface area contributed by atoms with Gasteiger partial charge in [-0.05, 0) is 41.5 Å². The molecule has 7 nitrogen and oxygen atoms in total. The van der Waals surface area contributed by atoms with Gasteiger partial charge in [0.05, 0.1) is 14.2 Å². The minimum absolute atomic E-state index is 0.119. The third kappa shape index (κ3) is 6.01. The molecule has 0 bridgehead atoms. The summed E-state index contributed by atoms with van der Waals surface area (Å²) in [4.78, 5) is 25.1. The molecule has 0 aliphatic rings. The number of rotatable bonds is 9. The van der Waals surface area contributed by atoms with Crippen LogP contribution >= 0.6 is 0 Å². The second-order valence-corrected chi connectivity index (χ2v) is 7.06. The lowest BCUT2D eigenvalue weighted by atomic mass is 10.0. The Morgan fingerprint density at radius 3 is 2.28 bits per heavy atom. The van der Waals surface area contributed by atoms with E-state index in [9.17, 15) is 14.7 Å². The Kier molecular flexibility index (Phi) is 7.70. The van der Waals surface area contributed by atoms with E-state index in [1.54, 1.807) is 30.3 Å². The first-order chi connectivity index (χ1) is 15.5. The summed E-state index contributed by atoms with van der Waals surface area (Å²) >= 11 is 0. The largest absolute Gasteiger partial charge is 0.508 e. The van der Waals surface area contributed by atoms with E-state index >= 15 is 0 Å². The standard InChI is InChI=1S/C25H25NO6/c1-30-22-13-10-19(15-23(22)32-16-18-6-4-3-5-7-18)24(28)26-21(25(29)31-2)14-17-8-11-20(27)12-9-17/h3-13,15,21,27H,14,16H2,1-2H3,(H,26,28). The molecule has 0 fully saturated rings. The fourth-order valence-electron chi connectivity index (χ4n) is 3.11. The van der Waals surface area contributed by atoms with Crippen LogP contribution < -0.4 is 14.8 Å². The van der Waals surface area contributed by atoms with Crippen molar-refractivity contribution in [1.82, 2.24) is 5.32 Å². The highest BCUT2D eigenvalue weighted by atomic mass is 16.5. The molecule has 1 unspecified atom stereocenters. The summed E-state index contributed by atoms with van der Waals surface area (Å²) in [6.07, 6.45) is 0.214. The van der Waals surface area contributed by atoms with E-state index in [1.807, 2.05) is 30.3 Å². The van der Waals surface area contributed by atoms with Crippen LogP contribution in [-0.4, -0.2) is 37.2 Å². The lowest BCUT2D eigenvalue weighted by Gasteiger charge is -2.18. The highest BCUT2D eigenvalue weighted by molar-refractivity contribution is 5.97. The zero-order chi connectivity index (χ0) is 22.9. The van der Waals surface area contributed by atoms with Gasteiger partial charge < -0.3 is 24.6 Å². The quantitative estimate of drug-likeness (QED) is 0.500. The summed E-state index contributed by atoms with van der Waals surface area (Å²) in [5, 5.41) is 12.2. The van der Waals surface area contributed by atoms with Crippen LogP contribution in [0.3, 0.4) is 0 Å². The summed E-state index contributed by atoms with van der Waals surface area (Å²) in [5.41, 5.74) is 2.05. The highest BCUT2D eigenvalue weighted by Crippen LogP contribution is 2.29. The molecule has 3 aromatic rings. The Labute approximate surface area is 186 Å². The van der Waals surface area contributed by atoms with Crippen LogP contribution in [0.15, 0.2) is 72.8 Å². The second-order valence-electron chi connectivity index (χ2n) is 7.06. The third-order valence-corrected chi connectivity index (χ3v) is 4.83. The maximum absolute atomic E-state index is 12.9. The normalized spacial score (nSPS) is 11.3. The number of methoxy groups -OCH3 is 2. The van der Waals surface area contributed by atoms with Crippen molar-refractivity contribution in [2.45, 2.75) is 19.1 Å². The van der Waals surface area contributed by atoms with Crippen LogP contribution in [0.25, 0.3) is 0 Å². The van der Waals surface area contributed by atoms with Crippen LogP contribution in [-0.2, 0) is 22.6 Å². The number of esters is 1. The molecule has 7 heteroatoms. The van der Waals surface area contributed by atoms with E-state index < -0.39 is 17.9 Å². The van der Waals surface area contributed by atoms with E-state index in [0.29, 0.717) is 23.7 Å². The minimum Gasteiger partial charge on any atom is -0.508 e. The van der Waals surface area contributed by atoms with Crippen LogP contribution in [0.1, 0.15) is 21.5 Å². The van der Waals surface area contributed by atoms with Gasteiger partial charge in [0.15, 0.2) is 11.5 Å². The van der Waals surface area contributed by atoms with Crippen molar-refractivity contribution in [3.8, 4) is 17.2 Å². The summed E-state index contributed by atoms with van der Waals surface area (Å²) in [6.45, 7) is 0.313. The number of phenolic OH excluding ortho intramolecular Hbond substituents is 1. The fraction of sp³-hybridized carbons (Fsp3) is 0.200. The molecule has 0 radical (unpaired) electrons. The first-order valence-corrected chi connectivity index (χ1v) is 10.0. The summed E-state index contributed by atoms with van der Waals surface area (Å²) in [7, 11) is 2.79. The Bertz CT molecular complexity index is 1050. The van der Waals surface area contributed by atoms with Crippen molar-refractivity contribution in [2.24, 2.45) is 0 Å². The molecule has 3 aromatic carbocycles. The molecule has 0 aliphatic heterocycles. The molecule has 1 amide bonds. The number of nitrogens with one attached hydrogen (secondary N) is 1. The van der Waals surface area contributed by atoms with Crippen LogP contribution in [0.2, 0.25) is 0 Å². The first-order valence-electron chi connectivity index (χ1n) is 10.0. The molecular weight excluding hydrogens is 410 g/mol. The number of carbonyl (C=O) groups excluding carboxylic acids is 2. The number of carbonyl (C=O) groups is 2. The monoisotopic (exact) mass is 435 g/mol. The summed E-state index contributed by atoms with van der Waals surface area (Å²) in [6, 6.07) is 19.9. The molecule has 1 atom stereocenters. The zero-order valence-corrected chi connectivity index (χ0v) is 17.9. The molecule has 0 aliphatic carbocycles. The van der Waals surface area contributed by atoms with Crippen LogP contribution in [0, 0.1) is 0 Å². The molecule has 0 saturated heterocycles. The first kappa shape index (κ1) is 22.7. The van der Waals surface area contributed by atoms with Crippen LogP contribution in [0.4, 0.5) is 0 Å². The topological polar surface area (TPSA) is 94.1 Å². The molecule has 0 spiro atoms. The summed E-state index contributed by atoms with van der Waals surface area (Å²) in [5.74, 6) is 0.00352. The predicted octanol–water partition coefficient (Wildman–Crippen LogP) is 3.49. The molecule has 0 aromatic heterocycles. The Morgan fingerprint density at radius 2 is 1.62 bits per heavy atom. The second kappa shape index (κ2) is 10.9. The third-order valence-electron chi connectivity index (χ3n) is 4.83. The number of phenols is 1. The van der Waals surface area contributed by atoms with Gasteiger partial charge in [0.25, 0.3) is 5.91 Å². The average molecular weight is 435 g/mol. The molecule has 3 rings (SSSR count). The molecule has 32 heavy (non-hydrogen) atoms. The Morgan fingerprint density at radius 1 is 0.906 bits per heavy atom. The molecule has 166 valence electrons. The number of aromatic hydroxyl groups is 1. The molecular formula is C25H25NO6. The van der Waals surface area contributed by atoms with Gasteiger partial charge in [-0.15, -0.1) is 0 Å². The Balaban J connectivity index is 1.75. The van der Waals surface area contributed by atoms with E-state index in [4.69, 9.17) is 14.2 Å². The number of amides is 1. The number of hydrogen-bond acceptors (Lipinski definition) is 6. The maximum atomic E-state index is 12.9. The van der Waals surface area contributed by atoms with Crippen molar-refractivity contribution < 1.29 is 28.9 Å². The van der Waals surface area contributed by atoms with Gasteiger partial charge in [-0.2, -0.15) is 0 Å². The highest BCUT2D eigenvalue weighted by Gasteiger charge is 2.23. The number of benzene rings is 3. The van der Waals surface area contributed by atoms with Gasteiger partial charge in [0, 0.05) is 12.0 Å². The fourth-order valence-corrected chi connectivity index (χ4v) is 3.11. The van der Waals surface area contributed by atoms with E-state index in [0.717, 1.165) is 11.1 Å². The smallest absolute Gasteiger partial charge is 0.328 e. The van der Waals surface area contributed by atoms with Crippen molar-refractivity contribution in [3.63, 3.8) is 0 Å². The van der Waals surface area contributed by atoms with Crippen molar-refractivity contribution in [3.05, 3.63) is 89.5 Å². The molecule has 2 N–H and O–H groups in total. The van der Waals surface area contributed by atoms with Gasteiger partial charge in [-0.3, -0.25) is 4.79 Å².